The van der Waals surface area contributed by atoms with Gasteiger partial charge in [0.1, 0.15) is 0 Å². The van der Waals surface area contributed by atoms with Gasteiger partial charge in [0.25, 0.3) is 0 Å². The molecule has 0 spiro atoms. The van der Waals surface area contributed by atoms with E-state index in [0.29, 0.717) is 38.4 Å². The topological polar surface area (TPSA) is 75.4 Å². The van der Waals surface area contributed by atoms with Crippen LogP contribution in [0.2, 0.25) is 0 Å². The first kappa shape index (κ1) is 16.0. The first-order valence-electron chi connectivity index (χ1n) is 7.30. The summed E-state index contributed by atoms with van der Waals surface area (Å²) in [4.78, 5) is 25.1. The zero-order valence-electron chi connectivity index (χ0n) is 12.2. The second kappa shape index (κ2) is 8.15. The summed E-state index contributed by atoms with van der Waals surface area (Å²) in [5, 5.41) is 2.97. The third kappa shape index (κ3) is 6.05. The lowest BCUT2D eigenvalue weighted by atomic mass is 10.0. The van der Waals surface area contributed by atoms with Gasteiger partial charge in [-0.3, -0.25) is 9.59 Å². The third-order valence-corrected chi connectivity index (χ3v) is 3.29. The summed E-state index contributed by atoms with van der Waals surface area (Å²) in [6.07, 6.45) is 4.05. The number of likely N-dealkylation sites (tertiary alicyclic amines) is 1. The van der Waals surface area contributed by atoms with E-state index in [1.807, 2.05) is 18.7 Å². The average molecular weight is 269 g/mol. The monoisotopic (exact) mass is 269 g/mol. The fourth-order valence-electron chi connectivity index (χ4n) is 2.16. The molecule has 5 nitrogen and oxygen atoms in total. The highest BCUT2D eigenvalue weighted by molar-refractivity contribution is 5.79. The van der Waals surface area contributed by atoms with E-state index >= 15 is 0 Å². The van der Waals surface area contributed by atoms with Crippen molar-refractivity contribution in [2.75, 3.05) is 19.6 Å². The van der Waals surface area contributed by atoms with Gasteiger partial charge in [-0.1, -0.05) is 20.3 Å². The summed E-state index contributed by atoms with van der Waals surface area (Å²) in [5.41, 5.74) is 5.40. The number of hydrogen-bond donors (Lipinski definition) is 2. The molecule has 1 heterocycles. The number of amides is 2. The molecule has 0 atom stereocenters. The van der Waals surface area contributed by atoms with Gasteiger partial charge in [0, 0.05) is 25.9 Å². The molecular weight excluding hydrogens is 242 g/mol. The minimum absolute atomic E-state index is 0.0954. The number of nitrogens with two attached hydrogens (primary N) is 1. The second-order valence-corrected chi connectivity index (χ2v) is 5.76. The van der Waals surface area contributed by atoms with Crippen LogP contribution in [-0.2, 0) is 9.59 Å². The summed E-state index contributed by atoms with van der Waals surface area (Å²) in [6, 6.07) is 0.151. The van der Waals surface area contributed by atoms with Crippen molar-refractivity contribution in [1.82, 2.24) is 10.2 Å². The SMILES string of the molecule is CC(C)CC(=O)N1CC(NC(=O)CCCCCN)C1. The molecule has 0 aromatic carbocycles. The van der Waals surface area contributed by atoms with Crippen molar-refractivity contribution in [3.05, 3.63) is 0 Å². The molecule has 5 heteroatoms. The van der Waals surface area contributed by atoms with Crippen molar-refractivity contribution in [3.8, 4) is 0 Å². The zero-order chi connectivity index (χ0) is 14.3. The van der Waals surface area contributed by atoms with Crippen LogP contribution in [0.4, 0.5) is 0 Å². The lowest BCUT2D eigenvalue weighted by Gasteiger charge is -2.40. The molecule has 110 valence electrons. The normalized spacial score (nSPS) is 15.5. The van der Waals surface area contributed by atoms with Gasteiger partial charge < -0.3 is 16.0 Å². The first-order chi connectivity index (χ1) is 9.02. The van der Waals surface area contributed by atoms with Crippen LogP contribution in [-0.4, -0.2) is 42.4 Å². The van der Waals surface area contributed by atoms with Gasteiger partial charge in [0.2, 0.25) is 11.8 Å². The van der Waals surface area contributed by atoms with E-state index in [1.165, 1.54) is 0 Å². The molecule has 1 aliphatic rings. The maximum absolute atomic E-state index is 11.7. The minimum Gasteiger partial charge on any atom is -0.350 e. The van der Waals surface area contributed by atoms with Crippen molar-refractivity contribution in [2.24, 2.45) is 11.7 Å². The van der Waals surface area contributed by atoms with Gasteiger partial charge in [-0.25, -0.2) is 0 Å². The van der Waals surface area contributed by atoms with Gasteiger partial charge in [-0.2, -0.15) is 0 Å². The van der Waals surface area contributed by atoms with E-state index in [0.717, 1.165) is 19.3 Å². The van der Waals surface area contributed by atoms with Crippen LogP contribution in [0.3, 0.4) is 0 Å². The largest absolute Gasteiger partial charge is 0.350 e. The molecule has 0 aromatic rings. The van der Waals surface area contributed by atoms with E-state index in [4.69, 9.17) is 5.73 Å². The molecule has 3 N–H and O–H groups in total. The van der Waals surface area contributed by atoms with Crippen LogP contribution in [0.1, 0.15) is 46.0 Å². The van der Waals surface area contributed by atoms with Crippen molar-refractivity contribution in [1.29, 1.82) is 0 Å². The molecule has 2 amide bonds. The van der Waals surface area contributed by atoms with Crippen LogP contribution in [0.25, 0.3) is 0 Å². The number of nitrogens with zero attached hydrogens (tertiary/aromatic N) is 1. The average Bonchev–Trinajstić information content (AvgIpc) is 2.27. The van der Waals surface area contributed by atoms with E-state index in [1.54, 1.807) is 0 Å². The Morgan fingerprint density at radius 3 is 2.53 bits per heavy atom. The molecule has 1 rings (SSSR count). The number of unbranched alkanes of at least 4 members (excludes halogenated alkanes) is 2. The lowest BCUT2D eigenvalue weighted by molar-refractivity contribution is -0.138. The Labute approximate surface area is 115 Å². The smallest absolute Gasteiger partial charge is 0.222 e. The second-order valence-electron chi connectivity index (χ2n) is 5.76. The van der Waals surface area contributed by atoms with Gasteiger partial charge in [0.15, 0.2) is 0 Å². The van der Waals surface area contributed by atoms with Crippen molar-refractivity contribution in [2.45, 2.75) is 52.0 Å². The van der Waals surface area contributed by atoms with Crippen LogP contribution in [0.5, 0.6) is 0 Å². The molecule has 0 bridgehead atoms. The molecule has 19 heavy (non-hydrogen) atoms. The van der Waals surface area contributed by atoms with Crippen LogP contribution in [0, 0.1) is 5.92 Å². The number of rotatable bonds is 8. The van der Waals surface area contributed by atoms with Crippen LogP contribution >= 0.6 is 0 Å². The number of hydrogen-bond acceptors (Lipinski definition) is 3. The molecule has 0 aliphatic carbocycles. The van der Waals surface area contributed by atoms with E-state index in [-0.39, 0.29) is 17.9 Å². The third-order valence-electron chi connectivity index (χ3n) is 3.29. The highest BCUT2D eigenvalue weighted by Crippen LogP contribution is 2.13. The molecule has 0 unspecified atom stereocenters. The van der Waals surface area contributed by atoms with E-state index in [9.17, 15) is 9.59 Å². The van der Waals surface area contributed by atoms with Crippen LogP contribution < -0.4 is 11.1 Å². The number of nitrogens with one attached hydrogen (secondary N) is 1. The Morgan fingerprint density at radius 2 is 1.95 bits per heavy atom. The molecule has 1 aliphatic heterocycles. The summed E-state index contributed by atoms with van der Waals surface area (Å²) in [7, 11) is 0. The summed E-state index contributed by atoms with van der Waals surface area (Å²) in [5.74, 6) is 0.685. The lowest BCUT2D eigenvalue weighted by Crippen LogP contribution is -2.61. The molecule has 0 radical (unpaired) electrons. The van der Waals surface area contributed by atoms with Crippen LogP contribution in [0.15, 0.2) is 0 Å². The maximum Gasteiger partial charge on any atom is 0.222 e. The zero-order valence-corrected chi connectivity index (χ0v) is 12.2. The van der Waals surface area contributed by atoms with Crippen molar-refractivity contribution in [3.63, 3.8) is 0 Å². The Balaban J connectivity index is 2.07. The Morgan fingerprint density at radius 1 is 1.26 bits per heavy atom. The molecule has 1 saturated heterocycles. The molecule has 1 fully saturated rings. The summed E-state index contributed by atoms with van der Waals surface area (Å²) >= 11 is 0. The fourth-order valence-corrected chi connectivity index (χ4v) is 2.16. The molecule has 0 saturated carbocycles. The van der Waals surface area contributed by atoms with Gasteiger partial charge in [-0.05, 0) is 25.3 Å². The summed E-state index contributed by atoms with van der Waals surface area (Å²) < 4.78 is 0. The van der Waals surface area contributed by atoms with Gasteiger partial charge in [-0.15, -0.1) is 0 Å². The number of carbonyl (C=O) groups is 2. The highest BCUT2D eigenvalue weighted by atomic mass is 16.2. The van der Waals surface area contributed by atoms with Gasteiger partial charge in [0.05, 0.1) is 6.04 Å². The summed E-state index contributed by atoms with van der Waals surface area (Å²) in [6.45, 7) is 6.11. The molecule has 0 aromatic heterocycles. The Hall–Kier alpha value is -1.10. The first-order valence-corrected chi connectivity index (χ1v) is 7.30. The van der Waals surface area contributed by atoms with Crippen molar-refractivity contribution >= 4 is 11.8 Å². The molecular formula is C14H27N3O2. The fraction of sp³-hybridized carbons (Fsp3) is 0.857. The Kier molecular flexibility index (Phi) is 6.84. The van der Waals surface area contributed by atoms with Crippen molar-refractivity contribution < 1.29 is 9.59 Å². The van der Waals surface area contributed by atoms with E-state index < -0.39 is 0 Å². The Bertz CT molecular complexity index is 299. The number of carbonyl (C=O) groups excluding carboxylic acids is 2. The predicted octanol–water partition coefficient (Wildman–Crippen LogP) is 0.879. The quantitative estimate of drug-likeness (QED) is 0.642. The maximum atomic E-state index is 11.7. The van der Waals surface area contributed by atoms with E-state index in [2.05, 4.69) is 5.32 Å². The van der Waals surface area contributed by atoms with Gasteiger partial charge >= 0.3 is 0 Å². The highest BCUT2D eigenvalue weighted by Gasteiger charge is 2.31. The minimum atomic E-state index is 0.0954. The predicted molar refractivity (Wildman–Crippen MR) is 75.5 cm³/mol. The standard InChI is InChI=1S/C14H27N3O2/c1-11(2)8-14(19)17-9-12(10-17)16-13(18)6-4-3-5-7-15/h11-12H,3-10,15H2,1-2H3,(H,16,18).